The number of rotatable bonds is 4. The van der Waals surface area contributed by atoms with Gasteiger partial charge in [0.25, 0.3) is 0 Å². The van der Waals surface area contributed by atoms with Gasteiger partial charge in [0.2, 0.25) is 0 Å². The monoisotopic (exact) mass is 502 g/mol. The van der Waals surface area contributed by atoms with Gasteiger partial charge in [0.15, 0.2) is 0 Å². The molecule has 1 aromatic heterocycles. The fourth-order valence-electron chi connectivity index (χ4n) is 2.21. The first-order chi connectivity index (χ1) is 10.6. The van der Waals surface area contributed by atoms with Crippen molar-refractivity contribution in [2.45, 2.75) is 11.4 Å². The molecule has 0 fully saturated rings. The number of nitrogens with zero attached hydrogens (tertiary/aromatic N) is 1. The summed E-state index contributed by atoms with van der Waals surface area (Å²) in [4.78, 5) is 4.58. The van der Waals surface area contributed by atoms with Crippen LogP contribution >= 0.6 is 0 Å². The van der Waals surface area contributed by atoms with Crippen LogP contribution in [0.4, 0.5) is 0 Å². The molecule has 1 heterocycles. The molecule has 108 valence electrons. The van der Waals surface area contributed by atoms with E-state index in [9.17, 15) is 8.42 Å². The standard InChI is InChI=1S/C16H13N2O2S.Tl/c19-21(20,14-6-2-1-3-7-14)18-12-13-10-11-17-16-9-5-4-8-15(13)16;/h2-11,18H,12H2;. The molecule has 0 amide bonds. The van der Waals surface area contributed by atoms with Gasteiger partial charge < -0.3 is 0 Å². The minimum absolute atomic E-state index is 0.246. The van der Waals surface area contributed by atoms with E-state index < -0.39 is 10.0 Å². The molecule has 4 nitrogen and oxygen atoms in total. The van der Waals surface area contributed by atoms with Crippen LogP contribution < -0.4 is 7.84 Å². The van der Waals surface area contributed by atoms with Crippen LogP contribution in [0.25, 0.3) is 10.9 Å². The molecule has 6 heteroatoms. The van der Waals surface area contributed by atoms with Crippen molar-refractivity contribution in [3.8, 4) is 0 Å². The van der Waals surface area contributed by atoms with Gasteiger partial charge in [-0.15, -0.1) is 0 Å². The molecule has 1 N–H and O–H groups in total. The first-order valence-corrected chi connectivity index (χ1v) is 10.5. The van der Waals surface area contributed by atoms with Crippen LogP contribution in [-0.2, 0) is 16.6 Å². The topological polar surface area (TPSA) is 59.1 Å². The number of fused-ring (bicyclic) bond motifs is 1. The Morgan fingerprint density at radius 1 is 1.00 bits per heavy atom. The van der Waals surface area contributed by atoms with Gasteiger partial charge in [-0.3, -0.25) is 0 Å². The molecule has 0 aliphatic carbocycles. The van der Waals surface area contributed by atoms with Crippen LogP contribution in [0.1, 0.15) is 5.56 Å². The summed E-state index contributed by atoms with van der Waals surface area (Å²) in [5.74, 6) is 0. The molecule has 3 aromatic rings. The van der Waals surface area contributed by atoms with E-state index in [0.717, 1.165) is 16.5 Å². The van der Waals surface area contributed by atoms with E-state index in [1.807, 2.05) is 42.5 Å². The second-order valence-electron chi connectivity index (χ2n) is 4.88. The quantitative estimate of drug-likeness (QED) is 0.552. The predicted octanol–water partition coefficient (Wildman–Crippen LogP) is 1.51. The van der Waals surface area contributed by atoms with E-state index in [2.05, 4.69) is 9.71 Å². The molecule has 0 unspecified atom stereocenters. The number of para-hydroxylation sites is 1. The van der Waals surface area contributed by atoms with Crippen LogP contribution in [0.2, 0.25) is 0 Å². The third-order valence-corrected chi connectivity index (χ3v) is 6.30. The van der Waals surface area contributed by atoms with Crippen molar-refractivity contribution in [1.82, 2.24) is 9.71 Å². The third kappa shape index (κ3) is 3.36. The molecule has 0 atom stereocenters. The summed E-state index contributed by atoms with van der Waals surface area (Å²) < 4.78 is 28.5. The molecule has 0 bridgehead atoms. The first kappa shape index (κ1) is 15.6. The normalized spacial score (nSPS) is 11.6. The Hall–Kier alpha value is -1.32. The number of aromatic nitrogens is 1. The zero-order valence-corrected chi connectivity index (χ0v) is 17.0. The maximum absolute atomic E-state index is 12.3. The van der Waals surface area contributed by atoms with Gasteiger partial charge in [-0.25, -0.2) is 0 Å². The average Bonchev–Trinajstić information content (AvgIpc) is 2.53. The van der Waals surface area contributed by atoms with Crippen molar-refractivity contribution in [1.29, 1.82) is 0 Å². The zero-order chi connectivity index (χ0) is 15.6. The minimum atomic E-state index is -3.50. The Morgan fingerprint density at radius 2 is 1.73 bits per heavy atom. The van der Waals surface area contributed by atoms with Crippen molar-refractivity contribution >= 4 is 49.8 Å². The van der Waals surface area contributed by atoms with Gasteiger partial charge in [-0.05, 0) is 0 Å². The van der Waals surface area contributed by atoms with Crippen molar-refractivity contribution in [2.75, 3.05) is 0 Å². The maximum atomic E-state index is 12.3. The Balaban J connectivity index is 1.86. The Labute approximate surface area is 145 Å². The zero-order valence-electron chi connectivity index (χ0n) is 11.7. The van der Waals surface area contributed by atoms with E-state index in [1.54, 1.807) is 18.3 Å². The van der Waals surface area contributed by atoms with E-state index in [0.29, 0.717) is 30.7 Å². The summed E-state index contributed by atoms with van der Waals surface area (Å²) in [7, 11) is -3.50. The van der Waals surface area contributed by atoms with Crippen LogP contribution in [0.3, 0.4) is 0 Å². The fraction of sp³-hybridized carbons (Fsp3) is 0.0625. The molecule has 0 saturated heterocycles. The Bertz CT molecular complexity index is 904. The van der Waals surface area contributed by atoms with Gasteiger partial charge >= 0.3 is 146 Å². The van der Waals surface area contributed by atoms with Gasteiger partial charge in [-0.1, -0.05) is 0 Å². The van der Waals surface area contributed by atoms with Crippen LogP contribution in [-0.4, -0.2) is 39.2 Å². The molecule has 0 spiro atoms. The summed E-state index contributed by atoms with van der Waals surface area (Å²) in [6.45, 7) is 0.246. The van der Waals surface area contributed by atoms with Crippen molar-refractivity contribution in [2.24, 2.45) is 0 Å². The summed E-state index contributed by atoms with van der Waals surface area (Å²) in [5.41, 5.74) is 1.77. The molecule has 3 rings (SSSR count). The van der Waals surface area contributed by atoms with E-state index in [4.69, 9.17) is 0 Å². The summed E-state index contributed by atoms with van der Waals surface area (Å²) >= 11 is 0.706. The summed E-state index contributed by atoms with van der Waals surface area (Å²) in [5, 5.41) is 0.962. The SMILES string of the molecule is O=S(=O)(NCc1ccnc2ccccc12)c1cc[c]([Tl])cc1. The molecule has 2 aromatic carbocycles. The molecular weight excluding hydrogens is 489 g/mol. The van der Waals surface area contributed by atoms with Crippen LogP contribution in [0.5, 0.6) is 0 Å². The second kappa shape index (κ2) is 6.43. The van der Waals surface area contributed by atoms with Crippen molar-refractivity contribution < 1.29 is 8.42 Å². The van der Waals surface area contributed by atoms with Crippen LogP contribution in [0.15, 0.2) is 65.7 Å². The number of hydrogen-bond acceptors (Lipinski definition) is 3. The Kier molecular flexibility index (Phi) is 4.55. The number of nitrogens with one attached hydrogen (secondary N) is 1. The molecular formula is C16H13N2O2STl. The third-order valence-electron chi connectivity index (χ3n) is 3.38. The number of hydrogen-bond donors (Lipinski definition) is 1. The second-order valence-corrected chi connectivity index (χ2v) is 9.24. The summed E-state index contributed by atoms with van der Waals surface area (Å²) in [6, 6.07) is 16.6. The van der Waals surface area contributed by atoms with E-state index in [-0.39, 0.29) is 6.54 Å². The Morgan fingerprint density at radius 3 is 2.50 bits per heavy atom. The van der Waals surface area contributed by atoms with E-state index >= 15 is 0 Å². The molecule has 0 saturated carbocycles. The van der Waals surface area contributed by atoms with Gasteiger partial charge in [0.05, 0.1) is 0 Å². The predicted molar refractivity (Wildman–Crippen MR) is 87.6 cm³/mol. The number of pyridine rings is 1. The fourth-order valence-corrected chi connectivity index (χ4v) is 3.97. The van der Waals surface area contributed by atoms with Gasteiger partial charge in [0.1, 0.15) is 0 Å². The molecule has 0 radical (unpaired) electrons. The van der Waals surface area contributed by atoms with Crippen molar-refractivity contribution in [3.63, 3.8) is 0 Å². The molecule has 0 aliphatic rings. The molecule has 0 aliphatic heterocycles. The number of benzene rings is 2. The van der Waals surface area contributed by atoms with Gasteiger partial charge in [-0.2, -0.15) is 0 Å². The summed E-state index contributed by atoms with van der Waals surface area (Å²) in [6.07, 6.45) is 1.70. The van der Waals surface area contributed by atoms with E-state index in [1.165, 1.54) is 3.12 Å². The first-order valence-electron chi connectivity index (χ1n) is 6.74. The van der Waals surface area contributed by atoms with Gasteiger partial charge in [0, 0.05) is 0 Å². The van der Waals surface area contributed by atoms with Crippen LogP contribution in [0, 0.1) is 0 Å². The molecule has 22 heavy (non-hydrogen) atoms. The van der Waals surface area contributed by atoms with Crippen molar-refractivity contribution in [3.05, 3.63) is 66.4 Å². The number of sulfonamides is 1. The average molecular weight is 502 g/mol.